The summed E-state index contributed by atoms with van der Waals surface area (Å²) in [5, 5.41) is 4.75. The third-order valence-corrected chi connectivity index (χ3v) is 3.96. The van der Waals surface area contributed by atoms with Gasteiger partial charge in [-0.15, -0.1) is 0 Å². The minimum atomic E-state index is 0.472. The SMILES string of the molecule is CCC(C)Nc1ccc2c3c([nH]c2n1)CCCC3. The number of anilines is 1. The first kappa shape index (κ1) is 11.6. The highest BCUT2D eigenvalue weighted by Gasteiger charge is 2.16. The van der Waals surface area contributed by atoms with Crippen molar-refractivity contribution in [2.24, 2.45) is 0 Å². The Labute approximate surface area is 108 Å². The number of hydrogen-bond acceptors (Lipinski definition) is 2. The van der Waals surface area contributed by atoms with E-state index in [2.05, 4.69) is 36.3 Å². The minimum absolute atomic E-state index is 0.472. The Bertz CT molecular complexity index is 556. The number of nitrogens with zero attached hydrogens (tertiary/aromatic N) is 1. The summed E-state index contributed by atoms with van der Waals surface area (Å²) in [5.74, 6) is 0.982. The molecule has 0 saturated heterocycles. The standard InChI is InChI=1S/C15H21N3/c1-3-10(2)16-14-9-8-12-11-6-4-5-7-13(11)17-15(12)18-14/h8-10H,3-7H2,1-2H3,(H2,16,17,18). The van der Waals surface area contributed by atoms with Crippen LogP contribution in [0.25, 0.3) is 11.0 Å². The summed E-state index contributed by atoms with van der Waals surface area (Å²) >= 11 is 0. The predicted octanol–water partition coefficient (Wildman–Crippen LogP) is 3.65. The molecule has 0 spiro atoms. The third-order valence-electron chi connectivity index (χ3n) is 3.96. The smallest absolute Gasteiger partial charge is 0.140 e. The van der Waals surface area contributed by atoms with Crippen LogP contribution in [0, 0.1) is 0 Å². The Morgan fingerprint density at radius 1 is 1.33 bits per heavy atom. The maximum absolute atomic E-state index is 4.70. The fraction of sp³-hybridized carbons (Fsp3) is 0.533. The van der Waals surface area contributed by atoms with Crippen LogP contribution in [0.15, 0.2) is 12.1 Å². The first-order chi connectivity index (χ1) is 8.78. The van der Waals surface area contributed by atoms with Crippen molar-refractivity contribution in [3.63, 3.8) is 0 Å². The summed E-state index contributed by atoms with van der Waals surface area (Å²) in [7, 11) is 0. The molecule has 0 saturated carbocycles. The zero-order valence-corrected chi connectivity index (χ0v) is 11.2. The molecule has 3 nitrogen and oxygen atoms in total. The van der Waals surface area contributed by atoms with Gasteiger partial charge in [-0.05, 0) is 56.7 Å². The highest BCUT2D eigenvalue weighted by atomic mass is 15.0. The number of rotatable bonds is 3. The Kier molecular flexibility index (Phi) is 2.98. The molecule has 96 valence electrons. The van der Waals surface area contributed by atoms with E-state index in [1.165, 1.54) is 42.3 Å². The molecular formula is C15H21N3. The van der Waals surface area contributed by atoms with Gasteiger partial charge < -0.3 is 10.3 Å². The van der Waals surface area contributed by atoms with Gasteiger partial charge in [0.2, 0.25) is 0 Å². The summed E-state index contributed by atoms with van der Waals surface area (Å²) < 4.78 is 0. The third kappa shape index (κ3) is 1.98. The molecule has 2 N–H and O–H groups in total. The molecule has 0 aliphatic heterocycles. The van der Waals surface area contributed by atoms with Crippen molar-refractivity contribution in [2.45, 2.75) is 52.0 Å². The second kappa shape index (κ2) is 4.63. The van der Waals surface area contributed by atoms with Crippen LogP contribution in [0.2, 0.25) is 0 Å². The topological polar surface area (TPSA) is 40.7 Å². The average molecular weight is 243 g/mol. The molecule has 1 atom stereocenters. The van der Waals surface area contributed by atoms with Gasteiger partial charge in [-0.25, -0.2) is 4.98 Å². The summed E-state index contributed by atoms with van der Waals surface area (Å²) in [5.41, 5.74) is 3.96. The van der Waals surface area contributed by atoms with Crippen molar-refractivity contribution in [3.8, 4) is 0 Å². The number of hydrogen-bond donors (Lipinski definition) is 2. The molecule has 0 radical (unpaired) electrons. The van der Waals surface area contributed by atoms with Crippen LogP contribution in [-0.4, -0.2) is 16.0 Å². The maximum atomic E-state index is 4.70. The van der Waals surface area contributed by atoms with Crippen LogP contribution in [0.3, 0.4) is 0 Å². The second-order valence-corrected chi connectivity index (χ2v) is 5.34. The molecule has 0 fully saturated rings. The molecule has 3 rings (SSSR count). The van der Waals surface area contributed by atoms with E-state index in [1.54, 1.807) is 0 Å². The first-order valence-electron chi connectivity index (χ1n) is 7.05. The molecule has 2 aromatic heterocycles. The lowest BCUT2D eigenvalue weighted by atomic mass is 9.96. The van der Waals surface area contributed by atoms with Crippen molar-refractivity contribution >= 4 is 16.9 Å². The van der Waals surface area contributed by atoms with Gasteiger partial charge >= 0.3 is 0 Å². The van der Waals surface area contributed by atoms with Gasteiger partial charge in [-0.2, -0.15) is 0 Å². The van der Waals surface area contributed by atoms with E-state index in [0.717, 1.165) is 17.9 Å². The number of aryl methyl sites for hydroxylation is 2. The van der Waals surface area contributed by atoms with Gasteiger partial charge in [0.1, 0.15) is 11.5 Å². The normalized spacial score (nSPS) is 16.6. The fourth-order valence-electron chi connectivity index (χ4n) is 2.72. The molecule has 18 heavy (non-hydrogen) atoms. The number of nitrogens with one attached hydrogen (secondary N) is 2. The molecule has 2 heterocycles. The molecule has 1 aliphatic rings. The fourth-order valence-corrected chi connectivity index (χ4v) is 2.72. The van der Waals surface area contributed by atoms with Crippen LogP contribution >= 0.6 is 0 Å². The molecule has 2 aromatic rings. The maximum Gasteiger partial charge on any atom is 0.140 e. The molecule has 1 unspecified atom stereocenters. The molecule has 3 heteroatoms. The van der Waals surface area contributed by atoms with Crippen molar-refractivity contribution in [2.75, 3.05) is 5.32 Å². The van der Waals surface area contributed by atoms with Crippen LogP contribution in [0.1, 0.15) is 44.4 Å². The van der Waals surface area contributed by atoms with E-state index in [-0.39, 0.29) is 0 Å². The lowest BCUT2D eigenvalue weighted by molar-refractivity contribution is 0.680. The zero-order chi connectivity index (χ0) is 12.5. The molecule has 1 aliphatic carbocycles. The predicted molar refractivity (Wildman–Crippen MR) is 76.1 cm³/mol. The summed E-state index contributed by atoms with van der Waals surface area (Å²) in [6.07, 6.45) is 6.11. The number of fused-ring (bicyclic) bond motifs is 3. The van der Waals surface area contributed by atoms with Crippen molar-refractivity contribution in [1.82, 2.24) is 9.97 Å². The van der Waals surface area contributed by atoms with Gasteiger partial charge in [0, 0.05) is 17.1 Å². The first-order valence-corrected chi connectivity index (χ1v) is 7.05. The number of pyridine rings is 1. The Hall–Kier alpha value is -1.51. The van der Waals surface area contributed by atoms with E-state index in [1.807, 2.05) is 0 Å². The van der Waals surface area contributed by atoms with Gasteiger partial charge in [0.05, 0.1) is 0 Å². The van der Waals surface area contributed by atoms with Gasteiger partial charge in [0.25, 0.3) is 0 Å². The molecule has 0 aromatic carbocycles. The molecular weight excluding hydrogens is 222 g/mol. The quantitative estimate of drug-likeness (QED) is 0.864. The van der Waals surface area contributed by atoms with E-state index >= 15 is 0 Å². The van der Waals surface area contributed by atoms with Crippen molar-refractivity contribution in [3.05, 3.63) is 23.4 Å². The molecule has 0 bridgehead atoms. The average Bonchev–Trinajstić information content (AvgIpc) is 2.76. The van der Waals surface area contributed by atoms with E-state index in [0.29, 0.717) is 6.04 Å². The van der Waals surface area contributed by atoms with Crippen molar-refractivity contribution < 1.29 is 0 Å². The monoisotopic (exact) mass is 243 g/mol. The number of aromatic nitrogens is 2. The summed E-state index contributed by atoms with van der Waals surface area (Å²) in [4.78, 5) is 8.20. The van der Waals surface area contributed by atoms with Crippen LogP contribution in [0.4, 0.5) is 5.82 Å². The lowest BCUT2D eigenvalue weighted by Gasteiger charge is -2.12. The Morgan fingerprint density at radius 2 is 2.17 bits per heavy atom. The minimum Gasteiger partial charge on any atom is -0.368 e. The van der Waals surface area contributed by atoms with E-state index in [4.69, 9.17) is 4.98 Å². The number of H-pyrrole nitrogens is 1. The van der Waals surface area contributed by atoms with E-state index < -0.39 is 0 Å². The highest BCUT2D eigenvalue weighted by molar-refractivity contribution is 5.83. The second-order valence-electron chi connectivity index (χ2n) is 5.34. The van der Waals surface area contributed by atoms with Gasteiger partial charge in [0.15, 0.2) is 0 Å². The summed E-state index contributed by atoms with van der Waals surface area (Å²) in [6, 6.07) is 4.80. The van der Waals surface area contributed by atoms with Crippen molar-refractivity contribution in [1.29, 1.82) is 0 Å². The Morgan fingerprint density at radius 3 is 3.00 bits per heavy atom. The summed E-state index contributed by atoms with van der Waals surface area (Å²) in [6.45, 7) is 4.37. The van der Waals surface area contributed by atoms with E-state index in [9.17, 15) is 0 Å². The lowest BCUT2D eigenvalue weighted by Crippen LogP contribution is -2.14. The van der Waals surface area contributed by atoms with Crippen LogP contribution in [0.5, 0.6) is 0 Å². The van der Waals surface area contributed by atoms with Crippen LogP contribution < -0.4 is 5.32 Å². The zero-order valence-electron chi connectivity index (χ0n) is 11.2. The highest BCUT2D eigenvalue weighted by Crippen LogP contribution is 2.28. The van der Waals surface area contributed by atoms with Gasteiger partial charge in [-0.3, -0.25) is 0 Å². The Balaban J connectivity index is 1.97. The van der Waals surface area contributed by atoms with Gasteiger partial charge in [-0.1, -0.05) is 6.92 Å². The molecule has 0 amide bonds. The largest absolute Gasteiger partial charge is 0.368 e. The number of aromatic amines is 1. The van der Waals surface area contributed by atoms with Crippen LogP contribution in [-0.2, 0) is 12.8 Å².